The van der Waals surface area contributed by atoms with E-state index in [9.17, 15) is 4.79 Å². The molecule has 4 rings (SSSR count). The molecule has 0 aliphatic heterocycles. The van der Waals surface area contributed by atoms with Gasteiger partial charge in [-0.25, -0.2) is 9.50 Å². The van der Waals surface area contributed by atoms with Crippen LogP contribution in [0.1, 0.15) is 28.9 Å². The summed E-state index contributed by atoms with van der Waals surface area (Å²) in [6.45, 7) is 3.92. The Kier molecular flexibility index (Phi) is 6.83. The highest BCUT2D eigenvalue weighted by atomic mass is 32.2. The van der Waals surface area contributed by atoms with Gasteiger partial charge in [0.2, 0.25) is 16.2 Å². The second-order valence-electron chi connectivity index (χ2n) is 6.77. The minimum absolute atomic E-state index is 0.0990. The first-order chi connectivity index (χ1) is 15.0. The van der Waals surface area contributed by atoms with Gasteiger partial charge in [-0.15, -0.1) is 15.3 Å². The molecule has 31 heavy (non-hydrogen) atoms. The molecule has 160 valence electrons. The number of benzene rings is 1. The van der Waals surface area contributed by atoms with E-state index in [1.165, 1.54) is 28.7 Å². The Balaban J connectivity index is 1.35. The average Bonchev–Trinajstić information content (AvgIpc) is 3.39. The van der Waals surface area contributed by atoms with Crippen LogP contribution in [0.4, 0.5) is 5.13 Å². The van der Waals surface area contributed by atoms with Gasteiger partial charge in [0.25, 0.3) is 5.78 Å². The van der Waals surface area contributed by atoms with E-state index in [1.54, 1.807) is 16.3 Å². The maximum Gasteiger partial charge on any atom is 0.253 e. The van der Waals surface area contributed by atoms with Crippen molar-refractivity contribution >= 4 is 51.7 Å². The molecule has 4 aromatic rings. The Morgan fingerprint density at radius 1 is 1.16 bits per heavy atom. The average molecular weight is 472 g/mol. The number of nitrogens with one attached hydrogen (secondary N) is 1. The van der Waals surface area contributed by atoms with E-state index >= 15 is 0 Å². The second-order valence-corrected chi connectivity index (χ2v) is 9.74. The van der Waals surface area contributed by atoms with Crippen LogP contribution in [0.15, 0.2) is 39.8 Å². The van der Waals surface area contributed by atoms with E-state index in [2.05, 4.69) is 42.7 Å². The van der Waals surface area contributed by atoms with Gasteiger partial charge >= 0.3 is 0 Å². The van der Waals surface area contributed by atoms with E-state index < -0.39 is 0 Å². The normalized spacial score (nSPS) is 11.2. The maximum absolute atomic E-state index is 12.5. The number of carbonyl (C=O) groups is 1. The summed E-state index contributed by atoms with van der Waals surface area (Å²) < 4.78 is 2.57. The summed E-state index contributed by atoms with van der Waals surface area (Å²) >= 11 is 4.47. The molecular formula is C20H21N7OS3. The molecule has 3 aromatic heterocycles. The topological polar surface area (TPSA) is 98.0 Å². The van der Waals surface area contributed by atoms with Crippen LogP contribution < -0.4 is 5.32 Å². The number of nitrogens with zero attached hydrogens (tertiary/aromatic N) is 6. The molecule has 0 radical (unpaired) electrons. The molecule has 0 saturated heterocycles. The number of thioether (sulfide) groups is 2. The third-order valence-corrected chi connectivity index (χ3v) is 7.25. The highest BCUT2D eigenvalue weighted by Crippen LogP contribution is 2.28. The van der Waals surface area contributed by atoms with Crippen LogP contribution in [0.2, 0.25) is 0 Å². The number of amides is 1. The summed E-state index contributed by atoms with van der Waals surface area (Å²) in [6, 6.07) is 10.2. The Morgan fingerprint density at radius 3 is 2.74 bits per heavy atom. The van der Waals surface area contributed by atoms with Crippen molar-refractivity contribution in [1.29, 1.82) is 0 Å². The standard InChI is InChI=1S/C20H21N7OS3/c1-12-15(13(2)27-17(21-12)23-19(26-27)29-3)9-10-16(28)22-18-24-25-20(31-18)30-11-14-7-5-4-6-8-14/h4-8H,9-11H2,1-3H3,(H,22,24,28). The van der Waals surface area contributed by atoms with E-state index in [0.717, 1.165) is 27.0 Å². The summed E-state index contributed by atoms with van der Waals surface area (Å²) in [5, 5.41) is 16.8. The first-order valence-electron chi connectivity index (χ1n) is 9.60. The van der Waals surface area contributed by atoms with Crippen LogP contribution >= 0.6 is 34.9 Å². The maximum atomic E-state index is 12.5. The quantitative estimate of drug-likeness (QED) is 0.302. The Labute approximate surface area is 192 Å². The number of carbonyl (C=O) groups excluding carboxylic acids is 1. The lowest BCUT2D eigenvalue weighted by Gasteiger charge is -2.09. The van der Waals surface area contributed by atoms with Gasteiger partial charge in [-0.3, -0.25) is 4.79 Å². The Hall–Kier alpha value is -2.50. The molecular weight excluding hydrogens is 450 g/mol. The van der Waals surface area contributed by atoms with Crippen molar-refractivity contribution in [1.82, 2.24) is 29.8 Å². The van der Waals surface area contributed by atoms with Crippen molar-refractivity contribution in [3.63, 3.8) is 0 Å². The van der Waals surface area contributed by atoms with Crippen LogP contribution in [-0.2, 0) is 17.0 Å². The molecule has 0 spiro atoms. The van der Waals surface area contributed by atoms with Gasteiger partial charge in [0.05, 0.1) is 0 Å². The van der Waals surface area contributed by atoms with Gasteiger partial charge in [0.15, 0.2) is 4.34 Å². The molecule has 0 aliphatic carbocycles. The predicted molar refractivity (Wildman–Crippen MR) is 125 cm³/mol. The molecule has 0 bridgehead atoms. The van der Waals surface area contributed by atoms with Gasteiger partial charge in [0.1, 0.15) is 0 Å². The third kappa shape index (κ3) is 5.23. The molecule has 8 nitrogen and oxygen atoms in total. The van der Waals surface area contributed by atoms with Crippen LogP contribution in [-0.4, -0.2) is 41.9 Å². The van der Waals surface area contributed by atoms with Gasteiger partial charge in [-0.05, 0) is 37.7 Å². The first-order valence-corrected chi connectivity index (χ1v) is 12.6. The fraction of sp³-hybridized carbons (Fsp3) is 0.300. The molecule has 0 saturated carbocycles. The van der Waals surface area contributed by atoms with Gasteiger partial charge < -0.3 is 5.32 Å². The lowest BCUT2D eigenvalue weighted by Crippen LogP contribution is -2.14. The van der Waals surface area contributed by atoms with Crippen molar-refractivity contribution in [2.24, 2.45) is 0 Å². The Morgan fingerprint density at radius 2 is 1.97 bits per heavy atom. The minimum Gasteiger partial charge on any atom is -0.300 e. The van der Waals surface area contributed by atoms with Crippen LogP contribution in [0.3, 0.4) is 0 Å². The Bertz CT molecular complexity index is 1210. The van der Waals surface area contributed by atoms with Crippen molar-refractivity contribution in [2.75, 3.05) is 11.6 Å². The van der Waals surface area contributed by atoms with Crippen molar-refractivity contribution in [3.8, 4) is 0 Å². The van der Waals surface area contributed by atoms with Gasteiger partial charge in [0, 0.05) is 23.6 Å². The molecule has 0 fully saturated rings. The van der Waals surface area contributed by atoms with Crippen LogP contribution in [0.25, 0.3) is 5.78 Å². The van der Waals surface area contributed by atoms with Gasteiger partial charge in [-0.2, -0.15) is 4.98 Å². The summed E-state index contributed by atoms with van der Waals surface area (Å²) in [5.74, 6) is 1.30. The SMILES string of the molecule is CSc1nc2nc(C)c(CCC(=O)Nc3nnc(SCc4ccccc4)s3)c(C)n2n1. The summed E-state index contributed by atoms with van der Waals surface area (Å²) in [4.78, 5) is 21.4. The number of hydrogen-bond acceptors (Lipinski definition) is 9. The summed E-state index contributed by atoms with van der Waals surface area (Å²) in [6.07, 6.45) is 2.82. The van der Waals surface area contributed by atoms with E-state index in [-0.39, 0.29) is 5.91 Å². The predicted octanol–water partition coefficient (Wildman–Crippen LogP) is 4.18. The monoisotopic (exact) mass is 471 g/mol. The molecule has 0 atom stereocenters. The van der Waals surface area contributed by atoms with Gasteiger partial charge in [-0.1, -0.05) is 65.2 Å². The zero-order chi connectivity index (χ0) is 21.8. The highest BCUT2D eigenvalue weighted by molar-refractivity contribution is 8.00. The van der Waals surface area contributed by atoms with Crippen molar-refractivity contribution < 1.29 is 4.79 Å². The molecule has 11 heteroatoms. The second kappa shape index (κ2) is 9.75. The molecule has 1 N–H and O–H groups in total. The number of fused-ring (bicyclic) bond motifs is 1. The van der Waals surface area contributed by atoms with Crippen molar-refractivity contribution in [2.45, 2.75) is 41.9 Å². The lowest BCUT2D eigenvalue weighted by atomic mass is 10.1. The first kappa shape index (κ1) is 21.7. The highest BCUT2D eigenvalue weighted by Gasteiger charge is 2.15. The lowest BCUT2D eigenvalue weighted by molar-refractivity contribution is -0.116. The third-order valence-electron chi connectivity index (χ3n) is 4.67. The summed E-state index contributed by atoms with van der Waals surface area (Å²) in [7, 11) is 0. The molecule has 3 heterocycles. The molecule has 1 amide bonds. The number of anilines is 1. The molecule has 1 aromatic carbocycles. The van der Waals surface area contributed by atoms with E-state index in [1.807, 2.05) is 38.3 Å². The van der Waals surface area contributed by atoms with E-state index in [0.29, 0.717) is 28.9 Å². The number of aromatic nitrogens is 6. The zero-order valence-electron chi connectivity index (χ0n) is 17.3. The smallest absolute Gasteiger partial charge is 0.253 e. The fourth-order valence-corrected chi connectivity index (χ4v) is 5.16. The zero-order valence-corrected chi connectivity index (χ0v) is 19.8. The van der Waals surface area contributed by atoms with E-state index in [4.69, 9.17) is 0 Å². The number of hydrogen-bond donors (Lipinski definition) is 1. The number of aryl methyl sites for hydroxylation is 2. The van der Waals surface area contributed by atoms with Crippen molar-refractivity contribution in [3.05, 3.63) is 52.8 Å². The molecule has 0 unspecified atom stereocenters. The largest absolute Gasteiger partial charge is 0.300 e. The minimum atomic E-state index is -0.0990. The molecule has 0 aliphatic rings. The van der Waals surface area contributed by atoms with Crippen LogP contribution in [0, 0.1) is 13.8 Å². The van der Waals surface area contributed by atoms with Crippen LogP contribution in [0.5, 0.6) is 0 Å². The fourth-order valence-electron chi connectivity index (χ4n) is 3.10. The number of rotatable bonds is 8. The summed E-state index contributed by atoms with van der Waals surface area (Å²) in [5.41, 5.74) is 4.06.